The molecule has 0 spiro atoms. The highest BCUT2D eigenvalue weighted by Gasteiger charge is 2.22. The van der Waals surface area contributed by atoms with Gasteiger partial charge in [0, 0.05) is 10.0 Å². The van der Waals surface area contributed by atoms with E-state index in [0.29, 0.717) is 0 Å². The summed E-state index contributed by atoms with van der Waals surface area (Å²) < 4.78 is 28.7. The van der Waals surface area contributed by atoms with Gasteiger partial charge in [0.15, 0.2) is 11.6 Å². The smallest absolute Gasteiger partial charge is 0.164 e. The van der Waals surface area contributed by atoms with Crippen LogP contribution in [-0.4, -0.2) is 0 Å². The highest BCUT2D eigenvalue weighted by atomic mass is 79.9. The average Bonchev–Trinajstić information content (AvgIpc) is 2.44. The lowest BCUT2D eigenvalue weighted by atomic mass is 9.96. The van der Waals surface area contributed by atoms with Gasteiger partial charge in [-0.2, -0.15) is 0 Å². The minimum Gasteiger partial charge on any atom is -0.271 e. The molecule has 1 atom stereocenters. The second-order valence-electron chi connectivity index (χ2n) is 4.68. The lowest BCUT2D eigenvalue weighted by Gasteiger charge is -2.20. The van der Waals surface area contributed by atoms with E-state index in [9.17, 15) is 8.78 Å². The molecule has 0 heterocycles. The van der Waals surface area contributed by atoms with Crippen LogP contribution in [0.25, 0.3) is 0 Å². The molecule has 0 bridgehead atoms. The quantitative estimate of drug-likeness (QED) is 0.656. The predicted molar refractivity (Wildman–Crippen MR) is 79.1 cm³/mol. The molecule has 0 aliphatic heterocycles. The van der Waals surface area contributed by atoms with Crippen molar-refractivity contribution in [1.82, 2.24) is 5.43 Å². The maximum Gasteiger partial charge on any atom is 0.164 e. The molecule has 0 radical (unpaired) electrons. The number of hydrazine groups is 1. The highest BCUT2D eigenvalue weighted by Crippen LogP contribution is 2.32. The second-order valence-corrected chi connectivity index (χ2v) is 5.47. The molecule has 0 fully saturated rings. The van der Waals surface area contributed by atoms with Crippen molar-refractivity contribution in [3.8, 4) is 0 Å². The number of hydrogen-bond acceptors (Lipinski definition) is 2. The minimum atomic E-state index is -0.874. The van der Waals surface area contributed by atoms with Crippen molar-refractivity contribution in [2.24, 2.45) is 5.84 Å². The van der Waals surface area contributed by atoms with E-state index in [1.807, 2.05) is 25.1 Å². The van der Waals surface area contributed by atoms with Gasteiger partial charge in [-0.25, -0.2) is 14.2 Å². The molecule has 20 heavy (non-hydrogen) atoms. The zero-order valence-corrected chi connectivity index (χ0v) is 12.8. The van der Waals surface area contributed by atoms with Crippen LogP contribution >= 0.6 is 15.9 Å². The van der Waals surface area contributed by atoms with E-state index in [-0.39, 0.29) is 11.1 Å². The van der Waals surface area contributed by atoms with Crippen LogP contribution in [0.2, 0.25) is 0 Å². The Bertz CT molecular complexity index is 644. The standard InChI is InChI=1S/C15H15BrF2N2/c1-8-4-3-5-10(12(8)16)15(20-19)11-7-6-9(2)13(17)14(11)18/h3-7,15,20H,19H2,1-2H3. The van der Waals surface area contributed by atoms with Crippen LogP contribution in [0.1, 0.15) is 28.3 Å². The predicted octanol–water partition coefficient (Wildman–Crippen LogP) is 3.90. The van der Waals surface area contributed by atoms with Gasteiger partial charge in [0.05, 0.1) is 6.04 Å². The van der Waals surface area contributed by atoms with Gasteiger partial charge in [-0.1, -0.05) is 46.3 Å². The summed E-state index contributed by atoms with van der Waals surface area (Å²) in [5.41, 5.74) is 4.76. The van der Waals surface area contributed by atoms with Crippen LogP contribution in [-0.2, 0) is 0 Å². The number of hydrogen-bond donors (Lipinski definition) is 2. The molecule has 0 amide bonds. The molecule has 2 aromatic rings. The lowest BCUT2D eigenvalue weighted by Crippen LogP contribution is -2.30. The summed E-state index contributed by atoms with van der Waals surface area (Å²) in [5, 5.41) is 0. The van der Waals surface area contributed by atoms with Crippen molar-refractivity contribution >= 4 is 15.9 Å². The summed E-state index contributed by atoms with van der Waals surface area (Å²) in [5.74, 6) is 3.84. The summed E-state index contributed by atoms with van der Waals surface area (Å²) in [6, 6.07) is 8.06. The van der Waals surface area contributed by atoms with Crippen molar-refractivity contribution in [1.29, 1.82) is 0 Å². The number of halogens is 3. The Hall–Kier alpha value is -1.30. The van der Waals surface area contributed by atoms with Crippen LogP contribution in [0, 0.1) is 25.5 Å². The normalized spacial score (nSPS) is 12.5. The zero-order chi connectivity index (χ0) is 14.9. The Balaban J connectivity index is 2.59. The van der Waals surface area contributed by atoms with Crippen LogP contribution in [0.4, 0.5) is 8.78 Å². The molecule has 2 nitrogen and oxygen atoms in total. The van der Waals surface area contributed by atoms with E-state index in [4.69, 9.17) is 5.84 Å². The summed E-state index contributed by atoms with van der Waals surface area (Å²) in [6.45, 7) is 3.45. The fraction of sp³-hybridized carbons (Fsp3) is 0.200. The molecule has 2 aromatic carbocycles. The minimum absolute atomic E-state index is 0.182. The first-order valence-electron chi connectivity index (χ1n) is 6.13. The van der Waals surface area contributed by atoms with Gasteiger partial charge >= 0.3 is 0 Å². The molecule has 0 aromatic heterocycles. The van der Waals surface area contributed by atoms with Crippen LogP contribution in [0.5, 0.6) is 0 Å². The molecule has 106 valence electrons. The molecule has 0 aliphatic rings. The Morgan fingerprint density at radius 2 is 1.70 bits per heavy atom. The maximum atomic E-state index is 14.1. The van der Waals surface area contributed by atoms with Gasteiger partial charge in [-0.05, 0) is 30.5 Å². The molecule has 3 N–H and O–H groups in total. The third-order valence-electron chi connectivity index (χ3n) is 3.32. The molecular weight excluding hydrogens is 326 g/mol. The van der Waals surface area contributed by atoms with E-state index in [1.165, 1.54) is 6.92 Å². The molecule has 0 saturated carbocycles. The van der Waals surface area contributed by atoms with Crippen molar-refractivity contribution in [2.75, 3.05) is 0 Å². The molecule has 2 rings (SSSR count). The third-order valence-corrected chi connectivity index (χ3v) is 4.40. The van der Waals surface area contributed by atoms with E-state index in [0.717, 1.165) is 15.6 Å². The fourth-order valence-corrected chi connectivity index (χ4v) is 2.62. The first-order valence-corrected chi connectivity index (χ1v) is 6.92. The number of rotatable bonds is 3. The monoisotopic (exact) mass is 340 g/mol. The first kappa shape index (κ1) is 15.1. The Labute approximate surface area is 125 Å². The fourth-order valence-electron chi connectivity index (χ4n) is 2.12. The SMILES string of the molecule is Cc1ccc(C(NN)c2cccc(C)c2Br)c(F)c1F. The zero-order valence-electron chi connectivity index (χ0n) is 11.2. The van der Waals surface area contributed by atoms with Crippen LogP contribution in [0.15, 0.2) is 34.8 Å². The molecule has 1 unspecified atom stereocenters. The van der Waals surface area contributed by atoms with Crippen molar-refractivity contribution in [3.05, 3.63) is 68.7 Å². The van der Waals surface area contributed by atoms with Crippen molar-refractivity contribution in [3.63, 3.8) is 0 Å². The van der Waals surface area contributed by atoms with E-state index in [1.54, 1.807) is 12.1 Å². The first-order chi connectivity index (χ1) is 9.47. The number of aryl methyl sites for hydroxylation is 2. The maximum absolute atomic E-state index is 14.1. The van der Waals surface area contributed by atoms with Gasteiger partial charge in [-0.3, -0.25) is 5.84 Å². The van der Waals surface area contributed by atoms with Gasteiger partial charge in [-0.15, -0.1) is 0 Å². The molecular formula is C15H15BrF2N2. The third kappa shape index (κ3) is 2.61. The van der Waals surface area contributed by atoms with Gasteiger partial charge in [0.25, 0.3) is 0 Å². The Kier molecular flexibility index (Phi) is 4.52. The Morgan fingerprint density at radius 3 is 2.35 bits per heavy atom. The van der Waals surface area contributed by atoms with Crippen LogP contribution in [0.3, 0.4) is 0 Å². The second kappa shape index (κ2) is 5.99. The molecule has 5 heteroatoms. The van der Waals surface area contributed by atoms with Crippen molar-refractivity contribution < 1.29 is 8.78 Å². The summed E-state index contributed by atoms with van der Waals surface area (Å²) in [6.07, 6.45) is 0. The Morgan fingerprint density at radius 1 is 1.00 bits per heavy atom. The van der Waals surface area contributed by atoms with Gasteiger partial charge in [0.2, 0.25) is 0 Å². The van der Waals surface area contributed by atoms with E-state index in [2.05, 4.69) is 21.4 Å². The topological polar surface area (TPSA) is 38.0 Å². The van der Waals surface area contributed by atoms with Gasteiger partial charge in [0.1, 0.15) is 0 Å². The van der Waals surface area contributed by atoms with Crippen molar-refractivity contribution in [2.45, 2.75) is 19.9 Å². The average molecular weight is 341 g/mol. The number of benzene rings is 2. The van der Waals surface area contributed by atoms with Crippen LogP contribution < -0.4 is 11.3 Å². The summed E-state index contributed by atoms with van der Waals surface area (Å²) in [4.78, 5) is 0. The van der Waals surface area contributed by atoms with Gasteiger partial charge < -0.3 is 0 Å². The molecule has 0 aliphatic carbocycles. The highest BCUT2D eigenvalue weighted by molar-refractivity contribution is 9.10. The lowest BCUT2D eigenvalue weighted by molar-refractivity contribution is 0.478. The number of nitrogens with two attached hydrogens (primary N) is 1. The summed E-state index contributed by atoms with van der Waals surface area (Å²) >= 11 is 3.46. The number of nitrogens with one attached hydrogen (secondary N) is 1. The molecule has 0 saturated heterocycles. The van der Waals surface area contributed by atoms with E-state index < -0.39 is 17.7 Å². The largest absolute Gasteiger partial charge is 0.271 e. The summed E-state index contributed by atoms with van der Waals surface area (Å²) in [7, 11) is 0. The van der Waals surface area contributed by atoms with E-state index >= 15 is 0 Å².